The number of nitrogens with one attached hydrogen (secondary N) is 1. The number of nitrogens with zero attached hydrogens (tertiary/aromatic N) is 4. The van der Waals surface area contributed by atoms with Crippen LogP contribution >= 0.6 is 11.6 Å². The number of rotatable bonds is 8. The minimum Gasteiger partial charge on any atom is -0.487 e. The zero-order chi connectivity index (χ0) is 23.4. The maximum absolute atomic E-state index is 12.5. The molecule has 1 N–H and O–H groups in total. The molecule has 33 heavy (non-hydrogen) atoms. The van der Waals surface area contributed by atoms with E-state index in [9.17, 15) is 9.59 Å². The van der Waals surface area contributed by atoms with Crippen LogP contribution in [-0.4, -0.2) is 31.7 Å². The Morgan fingerprint density at radius 1 is 1.06 bits per heavy atom. The van der Waals surface area contributed by atoms with Crippen molar-refractivity contribution < 1.29 is 14.3 Å². The van der Waals surface area contributed by atoms with Crippen LogP contribution in [-0.2, 0) is 11.4 Å². The molecule has 2 heterocycles. The van der Waals surface area contributed by atoms with Gasteiger partial charge in [-0.25, -0.2) is 4.98 Å². The number of anilines is 1. The minimum absolute atomic E-state index is 0.0830. The Labute approximate surface area is 194 Å². The number of carbonyl (C=O) groups is 1. The van der Waals surface area contributed by atoms with E-state index in [1.165, 1.54) is 10.6 Å². The molecule has 0 aliphatic rings. The van der Waals surface area contributed by atoms with Crippen LogP contribution in [0.25, 0.3) is 5.78 Å². The van der Waals surface area contributed by atoms with Gasteiger partial charge in [-0.3, -0.25) is 14.3 Å². The molecule has 0 aliphatic carbocycles. The molecule has 0 radical (unpaired) electrons. The van der Waals surface area contributed by atoms with E-state index in [4.69, 9.17) is 21.1 Å². The Kier molecular flexibility index (Phi) is 6.60. The van der Waals surface area contributed by atoms with E-state index >= 15 is 0 Å². The van der Waals surface area contributed by atoms with Gasteiger partial charge in [0.1, 0.15) is 24.4 Å². The third kappa shape index (κ3) is 5.50. The summed E-state index contributed by atoms with van der Waals surface area (Å²) in [5.74, 6) is 1.16. The second-order valence-corrected chi connectivity index (χ2v) is 7.96. The molecule has 170 valence electrons. The van der Waals surface area contributed by atoms with E-state index < -0.39 is 0 Å². The van der Waals surface area contributed by atoms with Crippen LogP contribution in [0.3, 0.4) is 0 Å². The van der Waals surface area contributed by atoms with Gasteiger partial charge >= 0.3 is 0 Å². The number of hydrogen-bond acceptors (Lipinski definition) is 6. The SMILES string of the molecule is CC(C)n1cnc2nc(COc3ccc(NC(=O)COc4ccc(Cl)cc4)cc3)cc(=O)n21. The van der Waals surface area contributed by atoms with Crippen LogP contribution < -0.4 is 20.3 Å². The van der Waals surface area contributed by atoms with Crippen molar-refractivity contribution in [1.82, 2.24) is 19.2 Å². The number of halogens is 1. The van der Waals surface area contributed by atoms with Crippen molar-refractivity contribution in [3.63, 3.8) is 0 Å². The van der Waals surface area contributed by atoms with Crippen molar-refractivity contribution >= 4 is 29.0 Å². The standard InChI is InChI=1S/C23H22ClN5O4/c1-15(2)28-14-25-23-27-18(11-22(31)29(23)28)12-32-20-9-5-17(6-10-20)26-21(30)13-33-19-7-3-16(24)4-8-19/h3-11,14-15H,12-13H2,1-2H3,(H,26,30). The molecule has 4 aromatic rings. The number of carbonyl (C=O) groups excluding carboxylic acids is 1. The Bertz CT molecular complexity index is 1310. The van der Waals surface area contributed by atoms with E-state index in [1.54, 1.807) is 59.5 Å². The Hall–Kier alpha value is -3.85. The molecule has 2 aromatic heterocycles. The fourth-order valence-corrected chi connectivity index (χ4v) is 3.21. The first kappa shape index (κ1) is 22.3. The van der Waals surface area contributed by atoms with Gasteiger partial charge in [0, 0.05) is 22.8 Å². The first-order chi connectivity index (χ1) is 15.9. The molecule has 0 fully saturated rings. The van der Waals surface area contributed by atoms with Gasteiger partial charge in [-0.2, -0.15) is 9.50 Å². The fourth-order valence-electron chi connectivity index (χ4n) is 3.08. The summed E-state index contributed by atoms with van der Waals surface area (Å²) < 4.78 is 14.3. The average Bonchev–Trinajstić information content (AvgIpc) is 3.23. The predicted molar refractivity (Wildman–Crippen MR) is 124 cm³/mol. The fraction of sp³-hybridized carbons (Fsp3) is 0.217. The van der Waals surface area contributed by atoms with Gasteiger partial charge in [0.15, 0.2) is 6.61 Å². The van der Waals surface area contributed by atoms with Gasteiger partial charge < -0.3 is 14.8 Å². The first-order valence-corrected chi connectivity index (χ1v) is 10.6. The highest BCUT2D eigenvalue weighted by atomic mass is 35.5. The highest BCUT2D eigenvalue weighted by Crippen LogP contribution is 2.18. The van der Waals surface area contributed by atoms with Crippen molar-refractivity contribution in [2.24, 2.45) is 0 Å². The maximum atomic E-state index is 12.5. The highest BCUT2D eigenvalue weighted by Gasteiger charge is 2.11. The Morgan fingerprint density at radius 3 is 2.42 bits per heavy atom. The Morgan fingerprint density at radius 2 is 1.73 bits per heavy atom. The van der Waals surface area contributed by atoms with Gasteiger partial charge in [-0.05, 0) is 62.4 Å². The molecule has 9 nitrogen and oxygen atoms in total. The van der Waals surface area contributed by atoms with Gasteiger partial charge in [0.25, 0.3) is 17.2 Å². The number of ether oxygens (including phenoxy) is 2. The normalized spacial score (nSPS) is 11.0. The molecular weight excluding hydrogens is 446 g/mol. The summed E-state index contributed by atoms with van der Waals surface area (Å²) in [6.45, 7) is 3.91. The summed E-state index contributed by atoms with van der Waals surface area (Å²) in [6, 6.07) is 15.1. The average molecular weight is 468 g/mol. The lowest BCUT2D eigenvalue weighted by molar-refractivity contribution is -0.118. The van der Waals surface area contributed by atoms with Crippen LogP contribution in [0.2, 0.25) is 5.02 Å². The molecule has 0 saturated carbocycles. The van der Waals surface area contributed by atoms with E-state index in [0.29, 0.717) is 33.7 Å². The van der Waals surface area contributed by atoms with Gasteiger partial charge in [0.2, 0.25) is 0 Å². The van der Waals surface area contributed by atoms with E-state index in [-0.39, 0.29) is 30.7 Å². The highest BCUT2D eigenvalue weighted by molar-refractivity contribution is 6.30. The third-order valence-corrected chi connectivity index (χ3v) is 4.94. The predicted octanol–water partition coefficient (Wildman–Crippen LogP) is 3.72. The van der Waals surface area contributed by atoms with Crippen LogP contribution in [0.15, 0.2) is 65.7 Å². The number of hydrogen-bond donors (Lipinski definition) is 1. The lowest BCUT2D eigenvalue weighted by atomic mass is 10.3. The summed E-state index contributed by atoms with van der Waals surface area (Å²) in [5, 5.41) is 3.35. The van der Waals surface area contributed by atoms with Gasteiger partial charge in [-0.1, -0.05) is 11.6 Å². The summed E-state index contributed by atoms with van der Waals surface area (Å²) in [7, 11) is 0. The summed E-state index contributed by atoms with van der Waals surface area (Å²) in [6.07, 6.45) is 1.59. The van der Waals surface area contributed by atoms with E-state index in [1.807, 2.05) is 13.8 Å². The monoisotopic (exact) mass is 467 g/mol. The van der Waals surface area contributed by atoms with Crippen LogP contribution in [0.4, 0.5) is 5.69 Å². The molecule has 0 spiro atoms. The molecule has 0 atom stereocenters. The largest absolute Gasteiger partial charge is 0.487 e. The topological polar surface area (TPSA) is 99.8 Å². The number of fused-ring (bicyclic) bond motifs is 1. The molecule has 10 heteroatoms. The van der Waals surface area contributed by atoms with Crippen LogP contribution in [0, 0.1) is 0 Å². The zero-order valence-electron chi connectivity index (χ0n) is 18.1. The minimum atomic E-state index is -0.294. The van der Waals surface area contributed by atoms with E-state index in [0.717, 1.165) is 0 Å². The maximum Gasteiger partial charge on any atom is 0.274 e. The number of benzene rings is 2. The lowest BCUT2D eigenvalue weighted by Gasteiger charge is -2.10. The Balaban J connectivity index is 1.32. The molecule has 4 rings (SSSR count). The van der Waals surface area contributed by atoms with Crippen molar-refractivity contribution in [2.45, 2.75) is 26.5 Å². The van der Waals surface area contributed by atoms with Crippen LogP contribution in [0.5, 0.6) is 11.5 Å². The smallest absolute Gasteiger partial charge is 0.274 e. The molecule has 0 aliphatic heterocycles. The van der Waals surface area contributed by atoms with Crippen molar-refractivity contribution in [3.8, 4) is 11.5 Å². The van der Waals surface area contributed by atoms with Crippen molar-refractivity contribution in [2.75, 3.05) is 11.9 Å². The van der Waals surface area contributed by atoms with Gasteiger partial charge in [0.05, 0.1) is 5.69 Å². The molecule has 1 amide bonds. The second kappa shape index (κ2) is 9.74. The zero-order valence-corrected chi connectivity index (χ0v) is 18.8. The number of amides is 1. The molecule has 0 saturated heterocycles. The molecule has 2 aromatic carbocycles. The summed E-state index contributed by atoms with van der Waals surface area (Å²) >= 11 is 5.83. The van der Waals surface area contributed by atoms with Gasteiger partial charge in [-0.15, -0.1) is 0 Å². The molecule has 0 unspecified atom stereocenters. The second-order valence-electron chi connectivity index (χ2n) is 7.52. The third-order valence-electron chi connectivity index (χ3n) is 4.69. The quantitative estimate of drug-likeness (QED) is 0.424. The lowest BCUT2D eigenvalue weighted by Crippen LogP contribution is -2.23. The molecular formula is C23H22ClN5O4. The summed E-state index contributed by atoms with van der Waals surface area (Å²) in [4.78, 5) is 33.1. The first-order valence-electron chi connectivity index (χ1n) is 10.3. The van der Waals surface area contributed by atoms with Crippen LogP contribution in [0.1, 0.15) is 25.6 Å². The summed E-state index contributed by atoms with van der Waals surface area (Å²) in [5.41, 5.74) is 0.860. The van der Waals surface area contributed by atoms with E-state index in [2.05, 4.69) is 15.3 Å². The number of aromatic nitrogens is 4. The van der Waals surface area contributed by atoms with Crippen molar-refractivity contribution in [3.05, 3.63) is 82.0 Å². The van der Waals surface area contributed by atoms with Crippen molar-refractivity contribution in [1.29, 1.82) is 0 Å². The molecule has 0 bridgehead atoms.